The monoisotopic (exact) mass is 294 g/mol. The van der Waals surface area contributed by atoms with E-state index in [0.29, 0.717) is 16.8 Å². The fraction of sp³-hybridized carbons (Fsp3) is 0.600. The molecular formula is C15H19ClN2O2. The van der Waals surface area contributed by atoms with Gasteiger partial charge in [-0.2, -0.15) is 0 Å². The molecule has 0 aliphatic carbocycles. The van der Waals surface area contributed by atoms with Gasteiger partial charge in [0.15, 0.2) is 11.5 Å². The summed E-state index contributed by atoms with van der Waals surface area (Å²) < 4.78 is 10.8. The van der Waals surface area contributed by atoms with Crippen molar-refractivity contribution in [2.75, 3.05) is 26.4 Å². The fourth-order valence-corrected chi connectivity index (χ4v) is 3.92. The Balaban J connectivity index is 1.48. The van der Waals surface area contributed by atoms with Crippen LogP contribution in [-0.2, 0) is 6.54 Å². The summed E-state index contributed by atoms with van der Waals surface area (Å²) in [4.78, 5) is 2.52. The van der Waals surface area contributed by atoms with Gasteiger partial charge in [-0.25, -0.2) is 0 Å². The Labute approximate surface area is 124 Å². The first-order valence-electron chi connectivity index (χ1n) is 7.33. The molecule has 1 aromatic carbocycles. The third kappa shape index (κ3) is 2.26. The molecule has 0 saturated carbocycles. The Morgan fingerprint density at radius 2 is 2.25 bits per heavy atom. The standard InChI is InChI=1S/C15H19ClN2O2/c16-12-4-10(5-14-15(12)20-9-19-14)6-18-7-11-2-1-3-17-13(11)8-18/h4-5,11,13,17H,1-3,6-9H2/t11-,13+/m0/s1. The molecule has 0 spiro atoms. The van der Waals surface area contributed by atoms with Gasteiger partial charge >= 0.3 is 0 Å². The normalized spacial score (nSPS) is 28.6. The Morgan fingerprint density at radius 3 is 3.15 bits per heavy atom. The molecule has 2 saturated heterocycles. The van der Waals surface area contributed by atoms with Crippen molar-refractivity contribution in [2.45, 2.75) is 25.4 Å². The molecule has 2 atom stereocenters. The molecule has 0 unspecified atom stereocenters. The van der Waals surface area contributed by atoms with Gasteiger partial charge in [0.05, 0.1) is 5.02 Å². The number of hydrogen-bond donors (Lipinski definition) is 1. The van der Waals surface area contributed by atoms with E-state index in [2.05, 4.69) is 16.3 Å². The minimum Gasteiger partial charge on any atom is -0.454 e. The predicted molar refractivity (Wildman–Crippen MR) is 77.4 cm³/mol. The number of nitrogens with one attached hydrogen (secondary N) is 1. The van der Waals surface area contributed by atoms with E-state index in [0.717, 1.165) is 24.8 Å². The summed E-state index contributed by atoms with van der Waals surface area (Å²) in [5.41, 5.74) is 1.21. The molecule has 1 aromatic rings. The van der Waals surface area contributed by atoms with Crippen molar-refractivity contribution in [3.63, 3.8) is 0 Å². The van der Waals surface area contributed by atoms with Gasteiger partial charge in [0, 0.05) is 25.7 Å². The van der Waals surface area contributed by atoms with Crippen LogP contribution in [0, 0.1) is 5.92 Å². The molecule has 4 rings (SSSR count). The third-order valence-electron chi connectivity index (χ3n) is 4.57. The van der Waals surface area contributed by atoms with E-state index in [1.807, 2.05) is 6.07 Å². The zero-order chi connectivity index (χ0) is 13.5. The molecular weight excluding hydrogens is 276 g/mol. The maximum absolute atomic E-state index is 6.25. The summed E-state index contributed by atoms with van der Waals surface area (Å²) in [5, 5.41) is 4.29. The first-order valence-corrected chi connectivity index (χ1v) is 7.71. The molecule has 0 amide bonds. The van der Waals surface area contributed by atoms with Crippen LogP contribution < -0.4 is 14.8 Å². The predicted octanol–water partition coefficient (Wildman–Crippen LogP) is 2.25. The minimum atomic E-state index is 0.274. The second kappa shape index (κ2) is 5.10. The Bertz CT molecular complexity index is 509. The number of likely N-dealkylation sites (tertiary alicyclic amines) is 1. The number of nitrogens with zero attached hydrogens (tertiary/aromatic N) is 1. The number of halogens is 1. The second-order valence-corrected chi connectivity index (χ2v) is 6.38. The van der Waals surface area contributed by atoms with Gasteiger partial charge in [-0.3, -0.25) is 4.90 Å². The summed E-state index contributed by atoms with van der Waals surface area (Å²) in [7, 11) is 0. The molecule has 5 heteroatoms. The van der Waals surface area contributed by atoms with Crippen LogP contribution in [0.1, 0.15) is 18.4 Å². The highest BCUT2D eigenvalue weighted by molar-refractivity contribution is 6.32. The van der Waals surface area contributed by atoms with Gasteiger partial charge < -0.3 is 14.8 Å². The minimum absolute atomic E-state index is 0.274. The van der Waals surface area contributed by atoms with Gasteiger partial charge in [-0.05, 0) is 43.0 Å². The quantitative estimate of drug-likeness (QED) is 0.907. The van der Waals surface area contributed by atoms with Crippen molar-refractivity contribution in [3.05, 3.63) is 22.7 Å². The highest BCUT2D eigenvalue weighted by Gasteiger charge is 2.34. The van der Waals surface area contributed by atoms with Crippen LogP contribution in [0.15, 0.2) is 12.1 Å². The largest absolute Gasteiger partial charge is 0.454 e. The number of fused-ring (bicyclic) bond motifs is 2. The number of rotatable bonds is 2. The Morgan fingerprint density at radius 1 is 1.30 bits per heavy atom. The van der Waals surface area contributed by atoms with Gasteiger partial charge in [0.25, 0.3) is 0 Å². The summed E-state index contributed by atoms with van der Waals surface area (Å²) in [6.07, 6.45) is 2.67. The number of piperidine rings is 1. The molecule has 20 heavy (non-hydrogen) atoms. The Hall–Kier alpha value is -0.970. The van der Waals surface area contributed by atoms with Crippen LogP contribution in [0.3, 0.4) is 0 Å². The van der Waals surface area contributed by atoms with Crippen molar-refractivity contribution in [2.24, 2.45) is 5.92 Å². The van der Waals surface area contributed by atoms with Crippen LogP contribution in [0.2, 0.25) is 5.02 Å². The number of benzene rings is 1. The van der Waals surface area contributed by atoms with Crippen LogP contribution in [0.4, 0.5) is 0 Å². The van der Waals surface area contributed by atoms with E-state index in [1.54, 1.807) is 0 Å². The lowest BCUT2D eigenvalue weighted by Gasteiger charge is -2.24. The summed E-state index contributed by atoms with van der Waals surface area (Å²) in [5.74, 6) is 2.28. The van der Waals surface area contributed by atoms with E-state index >= 15 is 0 Å². The van der Waals surface area contributed by atoms with Crippen LogP contribution in [0.25, 0.3) is 0 Å². The van der Waals surface area contributed by atoms with Gasteiger partial charge in [-0.1, -0.05) is 11.6 Å². The van der Waals surface area contributed by atoms with E-state index in [9.17, 15) is 0 Å². The zero-order valence-electron chi connectivity index (χ0n) is 11.4. The molecule has 0 radical (unpaired) electrons. The lowest BCUT2D eigenvalue weighted by molar-refractivity contribution is 0.174. The average molecular weight is 295 g/mol. The molecule has 0 aromatic heterocycles. The number of hydrogen-bond acceptors (Lipinski definition) is 4. The maximum atomic E-state index is 6.25. The van der Waals surface area contributed by atoms with Crippen LogP contribution in [-0.4, -0.2) is 37.4 Å². The fourth-order valence-electron chi connectivity index (χ4n) is 3.64. The topological polar surface area (TPSA) is 33.7 Å². The molecule has 108 valence electrons. The van der Waals surface area contributed by atoms with Crippen molar-refractivity contribution >= 4 is 11.6 Å². The lowest BCUT2D eigenvalue weighted by Crippen LogP contribution is -2.40. The molecule has 0 bridgehead atoms. The highest BCUT2D eigenvalue weighted by Crippen LogP contribution is 2.40. The lowest BCUT2D eigenvalue weighted by atomic mass is 9.94. The molecule has 2 fully saturated rings. The summed E-state index contributed by atoms with van der Waals surface area (Å²) >= 11 is 6.25. The van der Waals surface area contributed by atoms with Gasteiger partial charge in [-0.15, -0.1) is 0 Å². The molecule has 1 N–H and O–H groups in total. The molecule has 3 heterocycles. The number of ether oxygens (including phenoxy) is 2. The molecule has 3 aliphatic rings. The third-order valence-corrected chi connectivity index (χ3v) is 4.85. The highest BCUT2D eigenvalue weighted by atomic mass is 35.5. The van der Waals surface area contributed by atoms with E-state index < -0.39 is 0 Å². The van der Waals surface area contributed by atoms with E-state index in [4.69, 9.17) is 21.1 Å². The van der Waals surface area contributed by atoms with Gasteiger partial charge in [0.2, 0.25) is 6.79 Å². The van der Waals surface area contributed by atoms with Crippen molar-refractivity contribution in [3.8, 4) is 11.5 Å². The second-order valence-electron chi connectivity index (χ2n) is 5.97. The van der Waals surface area contributed by atoms with Crippen molar-refractivity contribution in [1.29, 1.82) is 0 Å². The van der Waals surface area contributed by atoms with Crippen molar-refractivity contribution in [1.82, 2.24) is 10.2 Å². The van der Waals surface area contributed by atoms with Crippen LogP contribution >= 0.6 is 11.6 Å². The molecule has 3 aliphatic heterocycles. The zero-order valence-corrected chi connectivity index (χ0v) is 12.2. The van der Waals surface area contributed by atoms with E-state index in [-0.39, 0.29) is 6.79 Å². The average Bonchev–Trinajstić information content (AvgIpc) is 3.04. The van der Waals surface area contributed by atoms with Gasteiger partial charge in [0.1, 0.15) is 0 Å². The maximum Gasteiger partial charge on any atom is 0.231 e. The summed E-state index contributed by atoms with van der Waals surface area (Å²) in [6.45, 7) is 4.70. The summed E-state index contributed by atoms with van der Waals surface area (Å²) in [6, 6.07) is 4.74. The molecule has 4 nitrogen and oxygen atoms in total. The van der Waals surface area contributed by atoms with Crippen molar-refractivity contribution < 1.29 is 9.47 Å². The Kier molecular flexibility index (Phi) is 3.25. The first kappa shape index (κ1) is 12.7. The smallest absolute Gasteiger partial charge is 0.231 e. The SMILES string of the molecule is Clc1cc(CN2C[C@@H]3CCCN[C@@H]3C2)cc2c1OCO2. The van der Waals surface area contributed by atoms with E-state index in [1.165, 1.54) is 31.5 Å². The first-order chi connectivity index (χ1) is 9.79. The van der Waals surface area contributed by atoms with Crippen LogP contribution in [0.5, 0.6) is 11.5 Å².